The lowest BCUT2D eigenvalue weighted by molar-refractivity contribution is 0.170. The molecule has 150 valence electrons. The van der Waals surface area contributed by atoms with E-state index in [0.717, 1.165) is 40.8 Å². The van der Waals surface area contributed by atoms with E-state index in [9.17, 15) is 5.11 Å². The Balaban J connectivity index is 1.43. The smallest absolute Gasteiger partial charge is 0.154 e. The van der Waals surface area contributed by atoms with E-state index in [0.29, 0.717) is 24.5 Å². The van der Waals surface area contributed by atoms with E-state index in [1.54, 1.807) is 0 Å². The first-order chi connectivity index (χ1) is 14.0. The molecule has 3 N–H and O–H groups in total. The van der Waals surface area contributed by atoms with E-state index >= 15 is 0 Å². The van der Waals surface area contributed by atoms with Crippen LogP contribution in [0.4, 0.5) is 5.82 Å². The summed E-state index contributed by atoms with van der Waals surface area (Å²) in [6.07, 6.45) is 1.71. The zero-order valence-electron chi connectivity index (χ0n) is 16.0. The van der Waals surface area contributed by atoms with Crippen molar-refractivity contribution >= 4 is 17.4 Å². The number of anilines is 1. The maximum atomic E-state index is 10.3. The van der Waals surface area contributed by atoms with Gasteiger partial charge in [0, 0.05) is 23.7 Å². The molecule has 1 aromatic carbocycles. The molecule has 2 aromatic heterocycles. The highest BCUT2D eigenvalue weighted by atomic mass is 35.5. The standard InChI is InChI=1S/C20H22ClN7O/c1-11-8-14(29)18-16(11)19(24-10-23-18)27-6-7-28-15(9-27)25-26-20(28)17(22)12-2-4-13(21)5-3-12/h2-5,10-11,14,17,29H,6-9,22H2,1H3/t11-,14?,17?/m1/s1. The summed E-state index contributed by atoms with van der Waals surface area (Å²) in [5.41, 5.74) is 9.20. The third kappa shape index (κ3) is 3.08. The van der Waals surface area contributed by atoms with Gasteiger partial charge in [-0.1, -0.05) is 30.7 Å². The number of fused-ring (bicyclic) bond motifs is 2. The lowest BCUT2D eigenvalue weighted by atomic mass is 10.1. The molecule has 2 aliphatic rings. The predicted molar refractivity (Wildman–Crippen MR) is 109 cm³/mol. The fraction of sp³-hybridized carbons (Fsp3) is 0.400. The van der Waals surface area contributed by atoms with Crippen molar-refractivity contribution in [3.05, 3.63) is 64.1 Å². The van der Waals surface area contributed by atoms with E-state index in [2.05, 4.69) is 36.6 Å². The molecule has 3 heterocycles. The van der Waals surface area contributed by atoms with Crippen LogP contribution in [0, 0.1) is 0 Å². The van der Waals surface area contributed by atoms with Gasteiger partial charge in [-0.2, -0.15) is 0 Å². The monoisotopic (exact) mass is 411 g/mol. The highest BCUT2D eigenvalue weighted by Crippen LogP contribution is 2.43. The summed E-state index contributed by atoms with van der Waals surface area (Å²) in [4.78, 5) is 11.0. The molecule has 0 amide bonds. The van der Waals surface area contributed by atoms with E-state index in [1.165, 1.54) is 6.33 Å². The van der Waals surface area contributed by atoms with Crippen LogP contribution >= 0.6 is 11.6 Å². The summed E-state index contributed by atoms with van der Waals surface area (Å²) < 4.78 is 2.09. The number of rotatable bonds is 3. The molecule has 1 aliphatic heterocycles. The second-order valence-corrected chi connectivity index (χ2v) is 8.16. The number of nitrogens with two attached hydrogens (primary N) is 1. The van der Waals surface area contributed by atoms with Crippen LogP contribution in [0.3, 0.4) is 0 Å². The Kier molecular flexibility index (Phi) is 4.49. The molecule has 3 atom stereocenters. The molecule has 2 unspecified atom stereocenters. The first-order valence-corrected chi connectivity index (χ1v) is 10.1. The van der Waals surface area contributed by atoms with Gasteiger partial charge in [-0.3, -0.25) is 0 Å². The molecule has 0 saturated heterocycles. The summed E-state index contributed by atoms with van der Waals surface area (Å²) in [6.45, 7) is 4.18. The number of hydrogen-bond acceptors (Lipinski definition) is 7. The molecule has 1 aliphatic carbocycles. The predicted octanol–water partition coefficient (Wildman–Crippen LogP) is 2.33. The van der Waals surface area contributed by atoms with E-state index in [4.69, 9.17) is 17.3 Å². The molecule has 9 heteroatoms. The van der Waals surface area contributed by atoms with E-state index < -0.39 is 6.10 Å². The molecule has 8 nitrogen and oxygen atoms in total. The van der Waals surface area contributed by atoms with Crippen molar-refractivity contribution in [3.8, 4) is 0 Å². The number of aromatic nitrogens is 5. The van der Waals surface area contributed by atoms with Crippen molar-refractivity contribution in [3.63, 3.8) is 0 Å². The molecular formula is C20H22ClN7O. The fourth-order valence-electron chi connectivity index (χ4n) is 4.36. The maximum absolute atomic E-state index is 10.3. The van der Waals surface area contributed by atoms with Gasteiger partial charge in [0.25, 0.3) is 0 Å². The summed E-state index contributed by atoms with van der Waals surface area (Å²) in [5.74, 6) is 2.72. The van der Waals surface area contributed by atoms with Gasteiger partial charge in [0.15, 0.2) is 11.6 Å². The number of aliphatic hydroxyl groups excluding tert-OH is 1. The lowest BCUT2D eigenvalue weighted by Gasteiger charge is -2.31. The molecule has 29 heavy (non-hydrogen) atoms. The first kappa shape index (κ1) is 18.5. The zero-order chi connectivity index (χ0) is 20.1. The molecule has 0 fully saturated rings. The van der Waals surface area contributed by atoms with Gasteiger partial charge in [-0.15, -0.1) is 10.2 Å². The number of benzene rings is 1. The molecule has 0 spiro atoms. The Morgan fingerprint density at radius 1 is 1.17 bits per heavy atom. The molecule has 0 radical (unpaired) electrons. The second kappa shape index (κ2) is 7.05. The second-order valence-electron chi connectivity index (χ2n) is 7.73. The lowest BCUT2D eigenvalue weighted by Crippen LogP contribution is -2.36. The van der Waals surface area contributed by atoms with Gasteiger partial charge >= 0.3 is 0 Å². The van der Waals surface area contributed by atoms with Gasteiger partial charge in [0.05, 0.1) is 24.4 Å². The number of aliphatic hydroxyl groups is 1. The van der Waals surface area contributed by atoms with Gasteiger partial charge < -0.3 is 20.3 Å². The third-order valence-electron chi connectivity index (χ3n) is 5.87. The van der Waals surface area contributed by atoms with Crippen molar-refractivity contribution in [1.82, 2.24) is 24.7 Å². The van der Waals surface area contributed by atoms with Gasteiger partial charge in [-0.05, 0) is 30.0 Å². The summed E-state index contributed by atoms with van der Waals surface area (Å²) in [6, 6.07) is 7.13. The summed E-state index contributed by atoms with van der Waals surface area (Å²) in [5, 5.41) is 19.7. The Morgan fingerprint density at radius 3 is 2.76 bits per heavy atom. The van der Waals surface area contributed by atoms with Gasteiger partial charge in [0.2, 0.25) is 0 Å². The normalized spacial score (nSPS) is 21.7. The molecule has 3 aromatic rings. The molecule has 0 bridgehead atoms. The fourth-order valence-corrected chi connectivity index (χ4v) is 4.49. The van der Waals surface area contributed by atoms with Crippen molar-refractivity contribution in [1.29, 1.82) is 0 Å². The Labute approximate surface area is 173 Å². The van der Waals surface area contributed by atoms with Crippen molar-refractivity contribution < 1.29 is 5.11 Å². The highest BCUT2D eigenvalue weighted by Gasteiger charge is 2.34. The minimum Gasteiger partial charge on any atom is -0.387 e. The largest absolute Gasteiger partial charge is 0.387 e. The maximum Gasteiger partial charge on any atom is 0.154 e. The molecular weight excluding hydrogens is 390 g/mol. The van der Waals surface area contributed by atoms with Crippen LogP contribution in [-0.4, -0.2) is 36.4 Å². The van der Waals surface area contributed by atoms with Crippen LogP contribution < -0.4 is 10.6 Å². The van der Waals surface area contributed by atoms with E-state index in [-0.39, 0.29) is 12.0 Å². The van der Waals surface area contributed by atoms with Crippen molar-refractivity contribution in [2.24, 2.45) is 5.73 Å². The van der Waals surface area contributed by atoms with Crippen molar-refractivity contribution in [2.45, 2.75) is 44.5 Å². The minimum absolute atomic E-state index is 0.227. The topological polar surface area (TPSA) is 106 Å². The van der Waals surface area contributed by atoms with Crippen molar-refractivity contribution in [2.75, 3.05) is 11.4 Å². The van der Waals surface area contributed by atoms with Gasteiger partial charge in [0.1, 0.15) is 12.1 Å². The number of nitrogens with zero attached hydrogens (tertiary/aromatic N) is 6. The minimum atomic E-state index is -0.515. The quantitative estimate of drug-likeness (QED) is 0.681. The Hall–Kier alpha value is -2.55. The first-order valence-electron chi connectivity index (χ1n) is 9.73. The van der Waals surface area contributed by atoms with Crippen LogP contribution in [0.25, 0.3) is 0 Å². The van der Waals surface area contributed by atoms with E-state index in [1.807, 2.05) is 24.3 Å². The zero-order valence-corrected chi connectivity index (χ0v) is 16.8. The number of halogens is 1. The summed E-state index contributed by atoms with van der Waals surface area (Å²) >= 11 is 5.98. The average molecular weight is 412 g/mol. The molecule has 0 saturated carbocycles. The van der Waals surface area contributed by atoms with Gasteiger partial charge in [-0.25, -0.2) is 9.97 Å². The third-order valence-corrected chi connectivity index (χ3v) is 6.12. The van der Waals surface area contributed by atoms with Crippen LogP contribution in [0.15, 0.2) is 30.6 Å². The Bertz CT molecular complexity index is 1050. The SMILES string of the molecule is C[C@@H]1CC(O)c2ncnc(N3CCn4c(nnc4C(N)c4ccc(Cl)cc4)C3)c21. The molecule has 5 rings (SSSR count). The van der Waals surface area contributed by atoms with Crippen LogP contribution in [0.5, 0.6) is 0 Å². The number of hydrogen-bond donors (Lipinski definition) is 2. The summed E-state index contributed by atoms with van der Waals surface area (Å²) in [7, 11) is 0. The van der Waals surface area contributed by atoms with Crippen LogP contribution in [-0.2, 0) is 13.1 Å². The average Bonchev–Trinajstić information content (AvgIpc) is 3.28. The van der Waals surface area contributed by atoms with Crippen LogP contribution in [0.1, 0.15) is 59.9 Å². The van der Waals surface area contributed by atoms with Crippen LogP contribution in [0.2, 0.25) is 5.02 Å². The highest BCUT2D eigenvalue weighted by molar-refractivity contribution is 6.30. The Morgan fingerprint density at radius 2 is 1.97 bits per heavy atom.